The Bertz CT molecular complexity index is 231. The highest BCUT2D eigenvalue weighted by atomic mass is 14.9. The molecular weight excluding hydrogens is 194 g/mol. The molecule has 1 rings (SSSR count). The molecule has 0 saturated heterocycles. The minimum Gasteiger partial charge on any atom is -0.317 e. The third-order valence-corrected chi connectivity index (χ3v) is 5.11. The van der Waals surface area contributed by atoms with Gasteiger partial charge in [-0.3, -0.25) is 0 Å². The van der Waals surface area contributed by atoms with Gasteiger partial charge in [-0.2, -0.15) is 0 Å². The summed E-state index contributed by atoms with van der Waals surface area (Å²) in [5, 5.41) is 3.55. The van der Waals surface area contributed by atoms with Gasteiger partial charge in [0.2, 0.25) is 0 Å². The maximum atomic E-state index is 3.55. The average molecular weight is 225 g/mol. The highest BCUT2D eigenvalue weighted by Gasteiger charge is 2.66. The molecule has 96 valence electrons. The third kappa shape index (κ3) is 2.45. The number of nitrogens with one attached hydrogen (secondary N) is 1. The lowest BCUT2D eigenvalue weighted by atomic mass is 9.86. The second-order valence-electron chi connectivity index (χ2n) is 7.92. The first-order chi connectivity index (χ1) is 7.04. The zero-order valence-corrected chi connectivity index (χ0v) is 12.6. The van der Waals surface area contributed by atoms with E-state index in [2.05, 4.69) is 60.8 Å². The van der Waals surface area contributed by atoms with Crippen LogP contribution in [0.2, 0.25) is 0 Å². The van der Waals surface area contributed by atoms with Gasteiger partial charge in [0.15, 0.2) is 0 Å². The van der Waals surface area contributed by atoms with Crippen LogP contribution in [-0.2, 0) is 0 Å². The van der Waals surface area contributed by atoms with E-state index in [-0.39, 0.29) is 0 Å². The molecule has 1 nitrogen and oxygen atoms in total. The van der Waals surface area contributed by atoms with E-state index in [1.807, 2.05) is 0 Å². The molecule has 0 spiro atoms. The Morgan fingerprint density at radius 3 is 1.75 bits per heavy atom. The molecule has 0 aromatic rings. The monoisotopic (exact) mass is 225 g/mol. The van der Waals surface area contributed by atoms with E-state index in [9.17, 15) is 0 Å². The summed E-state index contributed by atoms with van der Waals surface area (Å²) in [6.07, 6.45) is 2.61. The summed E-state index contributed by atoms with van der Waals surface area (Å²) in [7, 11) is 2.12. The van der Waals surface area contributed by atoms with Gasteiger partial charge >= 0.3 is 0 Å². The van der Waals surface area contributed by atoms with Crippen molar-refractivity contribution in [1.82, 2.24) is 5.32 Å². The molecule has 1 unspecified atom stereocenters. The zero-order valence-electron chi connectivity index (χ0n) is 12.6. The smallest absolute Gasteiger partial charge is 0.0103 e. The van der Waals surface area contributed by atoms with Crippen molar-refractivity contribution in [2.45, 2.75) is 67.3 Å². The fourth-order valence-corrected chi connectivity index (χ4v) is 3.32. The Kier molecular flexibility index (Phi) is 3.52. The molecule has 1 saturated carbocycles. The predicted molar refractivity (Wildman–Crippen MR) is 72.6 cm³/mol. The van der Waals surface area contributed by atoms with Crippen LogP contribution < -0.4 is 5.32 Å². The Balaban J connectivity index is 2.58. The second-order valence-corrected chi connectivity index (χ2v) is 7.92. The van der Waals surface area contributed by atoms with Gasteiger partial charge in [0, 0.05) is 6.04 Å². The fourth-order valence-electron chi connectivity index (χ4n) is 3.32. The summed E-state index contributed by atoms with van der Waals surface area (Å²) in [4.78, 5) is 0. The van der Waals surface area contributed by atoms with E-state index in [1.54, 1.807) is 0 Å². The lowest BCUT2D eigenvalue weighted by molar-refractivity contribution is 0.305. The fraction of sp³-hybridized carbons (Fsp3) is 1.00. The first-order valence-corrected chi connectivity index (χ1v) is 6.71. The predicted octanol–water partition coefficient (Wildman–Crippen LogP) is 4.08. The normalized spacial score (nSPS) is 25.5. The van der Waals surface area contributed by atoms with Crippen molar-refractivity contribution in [1.29, 1.82) is 0 Å². The lowest BCUT2D eigenvalue weighted by Crippen LogP contribution is -2.31. The van der Waals surface area contributed by atoms with Crippen molar-refractivity contribution in [2.24, 2.45) is 22.2 Å². The van der Waals surface area contributed by atoms with Crippen LogP contribution in [0.4, 0.5) is 0 Å². The summed E-state index contributed by atoms with van der Waals surface area (Å²) >= 11 is 0. The van der Waals surface area contributed by atoms with Crippen LogP contribution in [0.3, 0.4) is 0 Å². The van der Waals surface area contributed by atoms with E-state index in [1.165, 1.54) is 12.8 Å². The molecule has 16 heavy (non-hydrogen) atoms. The van der Waals surface area contributed by atoms with Gasteiger partial charge in [-0.25, -0.2) is 0 Å². The standard InChI is InChI=1S/C15H31N/c1-13(2,3)10-9-11(16-8)12-14(4,5)15(12,6)7/h11-12,16H,9-10H2,1-8H3. The minimum absolute atomic E-state index is 0.457. The molecule has 1 heteroatoms. The van der Waals surface area contributed by atoms with Crippen LogP contribution in [0.25, 0.3) is 0 Å². The van der Waals surface area contributed by atoms with E-state index in [0.29, 0.717) is 22.3 Å². The maximum Gasteiger partial charge on any atom is 0.0103 e. The van der Waals surface area contributed by atoms with Crippen LogP contribution in [0, 0.1) is 22.2 Å². The van der Waals surface area contributed by atoms with Crippen LogP contribution >= 0.6 is 0 Å². The van der Waals surface area contributed by atoms with Crippen molar-refractivity contribution < 1.29 is 0 Å². The van der Waals surface area contributed by atoms with Crippen molar-refractivity contribution in [2.75, 3.05) is 7.05 Å². The molecule has 0 radical (unpaired) electrons. The van der Waals surface area contributed by atoms with Crippen LogP contribution in [0.15, 0.2) is 0 Å². The van der Waals surface area contributed by atoms with E-state index < -0.39 is 0 Å². The van der Waals surface area contributed by atoms with Crippen molar-refractivity contribution in [3.8, 4) is 0 Å². The molecule has 0 amide bonds. The Morgan fingerprint density at radius 1 is 1.06 bits per heavy atom. The third-order valence-electron chi connectivity index (χ3n) is 5.11. The topological polar surface area (TPSA) is 12.0 Å². The summed E-state index contributed by atoms with van der Waals surface area (Å²) in [6.45, 7) is 16.7. The molecule has 1 N–H and O–H groups in total. The number of hydrogen-bond donors (Lipinski definition) is 1. The van der Waals surface area contributed by atoms with E-state index in [4.69, 9.17) is 0 Å². The molecule has 0 aliphatic heterocycles. The highest BCUT2D eigenvalue weighted by Crippen LogP contribution is 2.70. The molecule has 1 aliphatic carbocycles. The maximum absolute atomic E-state index is 3.55. The lowest BCUT2D eigenvalue weighted by Gasteiger charge is -2.24. The summed E-state index contributed by atoms with van der Waals surface area (Å²) in [6, 6.07) is 0.684. The molecule has 1 fully saturated rings. The van der Waals surface area contributed by atoms with Crippen molar-refractivity contribution >= 4 is 0 Å². The van der Waals surface area contributed by atoms with Crippen molar-refractivity contribution in [3.05, 3.63) is 0 Å². The minimum atomic E-state index is 0.457. The molecule has 0 heterocycles. The average Bonchev–Trinajstić information content (AvgIpc) is 2.46. The number of hydrogen-bond acceptors (Lipinski definition) is 1. The largest absolute Gasteiger partial charge is 0.317 e. The van der Waals surface area contributed by atoms with Gasteiger partial charge in [0.1, 0.15) is 0 Å². The van der Waals surface area contributed by atoms with E-state index in [0.717, 1.165) is 5.92 Å². The van der Waals surface area contributed by atoms with Gasteiger partial charge in [-0.15, -0.1) is 0 Å². The van der Waals surface area contributed by atoms with E-state index >= 15 is 0 Å². The molecule has 0 aromatic carbocycles. The summed E-state index contributed by atoms with van der Waals surface area (Å²) in [5.74, 6) is 0.826. The molecule has 0 bridgehead atoms. The SMILES string of the molecule is CNC(CCC(C)(C)C)C1C(C)(C)C1(C)C. The quantitative estimate of drug-likeness (QED) is 0.760. The van der Waals surface area contributed by atoms with Crippen LogP contribution in [0.1, 0.15) is 61.3 Å². The Hall–Kier alpha value is -0.0400. The second kappa shape index (κ2) is 4.01. The molecule has 0 aromatic heterocycles. The first kappa shape index (κ1) is 14.0. The van der Waals surface area contributed by atoms with Crippen LogP contribution in [-0.4, -0.2) is 13.1 Å². The van der Waals surface area contributed by atoms with Gasteiger partial charge in [-0.1, -0.05) is 48.5 Å². The Morgan fingerprint density at radius 2 is 1.50 bits per heavy atom. The zero-order chi connectivity index (χ0) is 12.8. The summed E-state index contributed by atoms with van der Waals surface area (Å²) < 4.78 is 0. The van der Waals surface area contributed by atoms with Gasteiger partial charge in [0.05, 0.1) is 0 Å². The highest BCUT2D eigenvalue weighted by molar-refractivity contribution is 5.16. The van der Waals surface area contributed by atoms with Gasteiger partial charge in [0.25, 0.3) is 0 Å². The van der Waals surface area contributed by atoms with Gasteiger partial charge in [-0.05, 0) is 42.1 Å². The molecule has 1 atom stereocenters. The molecular formula is C15H31N. The number of rotatable bonds is 4. The Labute approximate surface area is 102 Å². The first-order valence-electron chi connectivity index (χ1n) is 6.71. The van der Waals surface area contributed by atoms with Gasteiger partial charge < -0.3 is 5.32 Å². The summed E-state index contributed by atoms with van der Waals surface area (Å²) in [5.41, 5.74) is 1.45. The van der Waals surface area contributed by atoms with Crippen molar-refractivity contribution in [3.63, 3.8) is 0 Å². The molecule has 1 aliphatic rings. The van der Waals surface area contributed by atoms with Crippen LogP contribution in [0.5, 0.6) is 0 Å².